The smallest absolute Gasteiger partial charge is 0.311 e. The molecule has 1 atom stereocenters. The van der Waals surface area contributed by atoms with E-state index in [0.29, 0.717) is 5.92 Å². The lowest BCUT2D eigenvalue weighted by Gasteiger charge is -2.21. The first-order valence-corrected chi connectivity index (χ1v) is 5.98. The monoisotopic (exact) mass is 217 g/mol. The number of fused-ring (bicyclic) bond motifs is 1. The van der Waals surface area contributed by atoms with E-state index >= 15 is 0 Å². The fourth-order valence-corrected chi connectivity index (χ4v) is 2.54. The van der Waals surface area contributed by atoms with E-state index in [1.807, 2.05) is 12.1 Å². The third kappa shape index (κ3) is 1.60. The van der Waals surface area contributed by atoms with Gasteiger partial charge < -0.3 is 5.11 Å². The fraction of sp³-hybridized carbons (Fsp3) is 0.538. The minimum atomic E-state index is -0.707. The highest BCUT2D eigenvalue weighted by Gasteiger charge is 2.30. The maximum atomic E-state index is 11.1. The zero-order valence-electron chi connectivity index (χ0n) is 9.15. The number of carbonyl (C=O) groups is 1. The third-order valence-corrected chi connectivity index (χ3v) is 3.61. The van der Waals surface area contributed by atoms with Gasteiger partial charge in [-0.15, -0.1) is 0 Å². The van der Waals surface area contributed by atoms with Crippen molar-refractivity contribution in [3.8, 4) is 0 Å². The summed E-state index contributed by atoms with van der Waals surface area (Å²) in [7, 11) is 0. The van der Waals surface area contributed by atoms with Crippen molar-refractivity contribution in [3.05, 3.63) is 29.1 Å². The topological polar surface area (TPSA) is 50.2 Å². The molecule has 1 aromatic heterocycles. The molecule has 0 spiro atoms. The van der Waals surface area contributed by atoms with Gasteiger partial charge in [0, 0.05) is 17.3 Å². The number of aromatic nitrogens is 1. The maximum absolute atomic E-state index is 11.1. The van der Waals surface area contributed by atoms with Crippen molar-refractivity contribution < 1.29 is 9.90 Å². The van der Waals surface area contributed by atoms with E-state index < -0.39 is 5.97 Å². The Hall–Kier alpha value is -1.38. The van der Waals surface area contributed by atoms with E-state index in [4.69, 9.17) is 5.11 Å². The number of hydrogen-bond acceptors (Lipinski definition) is 2. The van der Waals surface area contributed by atoms with Gasteiger partial charge in [0.2, 0.25) is 0 Å². The molecule has 1 N–H and O–H groups in total. The molecule has 0 aromatic carbocycles. The van der Waals surface area contributed by atoms with Crippen LogP contribution in [-0.4, -0.2) is 16.1 Å². The van der Waals surface area contributed by atoms with Gasteiger partial charge in [-0.25, -0.2) is 0 Å². The zero-order chi connectivity index (χ0) is 11.1. The number of rotatable bonds is 2. The summed E-state index contributed by atoms with van der Waals surface area (Å²) in [5, 5.41) is 9.15. The molecule has 3 rings (SSSR count). The summed E-state index contributed by atoms with van der Waals surface area (Å²) in [6, 6.07) is 4.02. The number of carboxylic acid groups (broad SMARTS) is 1. The van der Waals surface area contributed by atoms with E-state index in [1.165, 1.54) is 18.5 Å². The Morgan fingerprint density at radius 3 is 2.81 bits per heavy atom. The van der Waals surface area contributed by atoms with Gasteiger partial charge in [0.25, 0.3) is 0 Å². The van der Waals surface area contributed by atoms with E-state index in [2.05, 4.69) is 4.98 Å². The number of carboxylic acids is 1. The summed E-state index contributed by atoms with van der Waals surface area (Å²) >= 11 is 0. The number of aliphatic carboxylic acids is 1. The first-order chi connectivity index (χ1) is 7.75. The Labute approximate surface area is 94.5 Å². The van der Waals surface area contributed by atoms with Crippen molar-refractivity contribution in [2.75, 3.05) is 0 Å². The van der Waals surface area contributed by atoms with E-state index in [0.717, 1.165) is 30.5 Å². The highest BCUT2D eigenvalue weighted by molar-refractivity contribution is 5.76. The quantitative estimate of drug-likeness (QED) is 0.827. The van der Waals surface area contributed by atoms with Crippen LogP contribution in [0.4, 0.5) is 0 Å². The van der Waals surface area contributed by atoms with Gasteiger partial charge in [0.15, 0.2) is 0 Å². The molecule has 1 fully saturated rings. The summed E-state index contributed by atoms with van der Waals surface area (Å²) < 4.78 is 0. The largest absolute Gasteiger partial charge is 0.481 e. The second-order valence-electron chi connectivity index (χ2n) is 4.83. The SMILES string of the molecule is O=C(O)C1CCCc2nc(C3CC3)ccc21. The molecule has 1 aromatic rings. The Morgan fingerprint density at radius 1 is 1.31 bits per heavy atom. The maximum Gasteiger partial charge on any atom is 0.311 e. The molecule has 1 saturated carbocycles. The summed E-state index contributed by atoms with van der Waals surface area (Å²) in [6.45, 7) is 0. The van der Waals surface area contributed by atoms with Crippen LogP contribution in [0.2, 0.25) is 0 Å². The number of hydrogen-bond donors (Lipinski definition) is 1. The van der Waals surface area contributed by atoms with Crippen molar-refractivity contribution in [3.63, 3.8) is 0 Å². The van der Waals surface area contributed by atoms with Crippen molar-refractivity contribution in [2.24, 2.45) is 0 Å². The van der Waals surface area contributed by atoms with Crippen LogP contribution in [0.25, 0.3) is 0 Å². The highest BCUT2D eigenvalue weighted by Crippen LogP contribution is 2.40. The summed E-state index contributed by atoms with van der Waals surface area (Å²) in [6.07, 6.45) is 5.14. The lowest BCUT2D eigenvalue weighted by atomic mass is 9.85. The van der Waals surface area contributed by atoms with Gasteiger partial charge in [-0.3, -0.25) is 9.78 Å². The lowest BCUT2D eigenvalue weighted by molar-refractivity contribution is -0.139. The second-order valence-corrected chi connectivity index (χ2v) is 4.83. The molecule has 1 heterocycles. The molecule has 0 amide bonds. The molecule has 3 nitrogen and oxygen atoms in total. The van der Waals surface area contributed by atoms with E-state index in [9.17, 15) is 4.79 Å². The summed E-state index contributed by atoms with van der Waals surface area (Å²) in [5.74, 6) is -0.387. The Kier molecular flexibility index (Phi) is 2.20. The van der Waals surface area contributed by atoms with Crippen molar-refractivity contribution in [2.45, 2.75) is 43.9 Å². The molecule has 0 radical (unpaired) electrons. The summed E-state index contributed by atoms with van der Waals surface area (Å²) in [4.78, 5) is 15.8. The predicted octanol–water partition coefficient (Wildman–Crippen LogP) is 2.46. The van der Waals surface area contributed by atoms with Crippen LogP contribution < -0.4 is 0 Å². The van der Waals surface area contributed by atoms with Crippen LogP contribution >= 0.6 is 0 Å². The predicted molar refractivity (Wildman–Crippen MR) is 59.5 cm³/mol. The van der Waals surface area contributed by atoms with Gasteiger partial charge >= 0.3 is 5.97 Å². The van der Waals surface area contributed by atoms with Gasteiger partial charge in [0.1, 0.15) is 0 Å². The van der Waals surface area contributed by atoms with Crippen molar-refractivity contribution in [1.82, 2.24) is 4.98 Å². The van der Waals surface area contributed by atoms with Gasteiger partial charge in [-0.1, -0.05) is 6.07 Å². The Balaban J connectivity index is 1.98. The highest BCUT2D eigenvalue weighted by atomic mass is 16.4. The zero-order valence-corrected chi connectivity index (χ0v) is 9.15. The van der Waals surface area contributed by atoms with Crippen molar-refractivity contribution >= 4 is 5.97 Å². The number of aryl methyl sites for hydroxylation is 1. The molecule has 1 unspecified atom stereocenters. The van der Waals surface area contributed by atoms with Crippen LogP contribution in [0.5, 0.6) is 0 Å². The third-order valence-electron chi connectivity index (χ3n) is 3.61. The molecule has 2 aliphatic carbocycles. The average Bonchev–Trinajstić information content (AvgIpc) is 3.11. The molecule has 0 saturated heterocycles. The van der Waals surface area contributed by atoms with Crippen LogP contribution in [-0.2, 0) is 11.2 Å². The van der Waals surface area contributed by atoms with Gasteiger partial charge in [0.05, 0.1) is 5.92 Å². The molecular formula is C13H15NO2. The first kappa shape index (κ1) is 9.82. The molecule has 84 valence electrons. The number of nitrogens with zero attached hydrogens (tertiary/aromatic N) is 1. The van der Waals surface area contributed by atoms with Gasteiger partial charge in [-0.2, -0.15) is 0 Å². The summed E-state index contributed by atoms with van der Waals surface area (Å²) in [5.41, 5.74) is 3.15. The molecule has 16 heavy (non-hydrogen) atoms. The van der Waals surface area contributed by atoms with E-state index in [1.54, 1.807) is 0 Å². The van der Waals surface area contributed by atoms with Crippen LogP contribution in [0.3, 0.4) is 0 Å². The van der Waals surface area contributed by atoms with Crippen LogP contribution in [0.15, 0.2) is 12.1 Å². The lowest BCUT2D eigenvalue weighted by Crippen LogP contribution is -2.19. The standard InChI is InChI=1S/C13H15NO2/c15-13(16)10-2-1-3-12-9(10)6-7-11(14-12)8-4-5-8/h6-8,10H,1-5H2,(H,15,16). The molecule has 0 aliphatic heterocycles. The normalized spacial score (nSPS) is 23.9. The molecule has 0 bridgehead atoms. The minimum absolute atomic E-state index is 0.329. The minimum Gasteiger partial charge on any atom is -0.481 e. The molecule has 2 aliphatic rings. The van der Waals surface area contributed by atoms with E-state index in [-0.39, 0.29) is 5.92 Å². The van der Waals surface area contributed by atoms with Crippen molar-refractivity contribution in [1.29, 1.82) is 0 Å². The average molecular weight is 217 g/mol. The first-order valence-electron chi connectivity index (χ1n) is 5.98. The Bertz CT molecular complexity index is 438. The fourth-order valence-electron chi connectivity index (χ4n) is 2.54. The van der Waals surface area contributed by atoms with Crippen LogP contribution in [0, 0.1) is 0 Å². The molecule has 3 heteroatoms. The number of pyridine rings is 1. The molecular weight excluding hydrogens is 202 g/mol. The Morgan fingerprint density at radius 2 is 2.12 bits per heavy atom. The van der Waals surface area contributed by atoms with Crippen LogP contribution in [0.1, 0.15) is 54.5 Å². The van der Waals surface area contributed by atoms with Gasteiger partial charge in [-0.05, 0) is 43.7 Å². The second kappa shape index (κ2) is 3.58.